The number of carbonyl (C=O) groups excluding carboxylic acids is 1. The van der Waals surface area contributed by atoms with Crippen molar-refractivity contribution in [1.29, 1.82) is 0 Å². The Kier molecular flexibility index (Phi) is 4.98. The van der Waals surface area contributed by atoms with Crippen molar-refractivity contribution in [2.75, 3.05) is 5.32 Å². The fourth-order valence-corrected chi connectivity index (χ4v) is 1.86. The van der Waals surface area contributed by atoms with Crippen molar-refractivity contribution in [2.24, 2.45) is 0 Å². The number of hydrogen-bond acceptors (Lipinski definition) is 2. The van der Waals surface area contributed by atoms with E-state index in [1.165, 1.54) is 30.3 Å². The minimum absolute atomic E-state index is 0.0175. The van der Waals surface area contributed by atoms with Gasteiger partial charge in [0.05, 0.1) is 10.0 Å². The Morgan fingerprint density at radius 2 is 1.71 bits per heavy atom. The zero-order valence-electron chi connectivity index (χ0n) is 10.4. The molecule has 0 unspecified atom stereocenters. The highest BCUT2D eigenvalue weighted by molar-refractivity contribution is 6.42. The Labute approximate surface area is 129 Å². The van der Waals surface area contributed by atoms with Gasteiger partial charge in [-0.3, -0.25) is 4.79 Å². The van der Waals surface area contributed by atoms with Crippen LogP contribution in [0.1, 0.15) is 10.4 Å². The lowest BCUT2D eigenvalue weighted by atomic mass is 10.2. The number of benzene rings is 2. The average Bonchev–Trinajstić information content (AvgIpc) is 2.43. The molecule has 0 heterocycles. The maximum atomic E-state index is 12.0. The molecular weight excluding hydrogens is 323 g/mol. The SMILES string of the molecule is O=C(Nc1ccc(Cl)c(Cl)c1)c1ccc(OC(F)F)cc1. The molecule has 0 radical (unpaired) electrons. The Hall–Kier alpha value is -1.85. The summed E-state index contributed by atoms with van der Waals surface area (Å²) in [5, 5.41) is 3.31. The first-order valence-electron chi connectivity index (χ1n) is 5.77. The molecule has 0 spiro atoms. The number of hydrogen-bond donors (Lipinski definition) is 1. The third-order valence-corrected chi connectivity index (χ3v) is 3.26. The van der Waals surface area contributed by atoms with E-state index in [4.69, 9.17) is 23.2 Å². The van der Waals surface area contributed by atoms with Gasteiger partial charge in [-0.2, -0.15) is 8.78 Å². The van der Waals surface area contributed by atoms with Crippen LogP contribution in [0, 0.1) is 0 Å². The van der Waals surface area contributed by atoms with Gasteiger partial charge in [-0.25, -0.2) is 0 Å². The van der Waals surface area contributed by atoms with Crippen LogP contribution in [0.4, 0.5) is 14.5 Å². The highest BCUT2D eigenvalue weighted by Gasteiger charge is 2.09. The monoisotopic (exact) mass is 331 g/mol. The fraction of sp³-hybridized carbons (Fsp3) is 0.0714. The quantitative estimate of drug-likeness (QED) is 0.869. The number of alkyl halides is 2. The maximum absolute atomic E-state index is 12.0. The molecule has 21 heavy (non-hydrogen) atoms. The lowest BCUT2D eigenvalue weighted by Gasteiger charge is -2.08. The second-order valence-corrected chi connectivity index (χ2v) is 4.80. The average molecular weight is 332 g/mol. The molecule has 7 heteroatoms. The summed E-state index contributed by atoms with van der Waals surface area (Å²) in [4.78, 5) is 12.0. The Morgan fingerprint density at radius 1 is 1.05 bits per heavy atom. The van der Waals surface area contributed by atoms with E-state index >= 15 is 0 Å². The number of anilines is 1. The molecule has 0 aliphatic carbocycles. The zero-order valence-corrected chi connectivity index (χ0v) is 12.0. The van der Waals surface area contributed by atoms with Crippen LogP contribution in [0.5, 0.6) is 5.75 Å². The van der Waals surface area contributed by atoms with E-state index in [1.807, 2.05) is 0 Å². The predicted octanol–water partition coefficient (Wildman–Crippen LogP) is 4.85. The molecule has 2 rings (SSSR count). The number of nitrogens with one attached hydrogen (secondary N) is 1. The summed E-state index contributed by atoms with van der Waals surface area (Å²) < 4.78 is 28.2. The van der Waals surface area contributed by atoms with Gasteiger partial charge in [0.1, 0.15) is 5.75 Å². The lowest BCUT2D eigenvalue weighted by molar-refractivity contribution is -0.0498. The third kappa shape index (κ3) is 4.31. The molecule has 110 valence electrons. The largest absolute Gasteiger partial charge is 0.435 e. The molecule has 0 saturated carbocycles. The molecule has 1 amide bonds. The number of carbonyl (C=O) groups is 1. The normalized spacial score (nSPS) is 10.5. The van der Waals surface area contributed by atoms with Crippen molar-refractivity contribution in [3.63, 3.8) is 0 Å². The first-order chi connectivity index (χ1) is 9.95. The molecule has 0 aliphatic heterocycles. The van der Waals surface area contributed by atoms with Gasteiger partial charge in [0, 0.05) is 11.3 Å². The van der Waals surface area contributed by atoms with Crippen molar-refractivity contribution < 1.29 is 18.3 Å². The molecule has 1 N–H and O–H groups in total. The van der Waals surface area contributed by atoms with E-state index in [1.54, 1.807) is 12.1 Å². The van der Waals surface area contributed by atoms with E-state index < -0.39 is 12.5 Å². The van der Waals surface area contributed by atoms with E-state index in [0.29, 0.717) is 21.3 Å². The minimum Gasteiger partial charge on any atom is -0.435 e. The second kappa shape index (κ2) is 6.74. The highest BCUT2D eigenvalue weighted by atomic mass is 35.5. The number of rotatable bonds is 4. The van der Waals surface area contributed by atoms with Gasteiger partial charge in [-0.15, -0.1) is 0 Å². The molecule has 2 aromatic carbocycles. The van der Waals surface area contributed by atoms with Gasteiger partial charge in [0.25, 0.3) is 5.91 Å². The van der Waals surface area contributed by atoms with Crippen LogP contribution < -0.4 is 10.1 Å². The van der Waals surface area contributed by atoms with Gasteiger partial charge in [0.2, 0.25) is 0 Å². The van der Waals surface area contributed by atoms with Crippen molar-refractivity contribution in [2.45, 2.75) is 6.61 Å². The Bertz CT molecular complexity index is 648. The van der Waals surface area contributed by atoms with Gasteiger partial charge < -0.3 is 10.1 Å². The van der Waals surface area contributed by atoms with Crippen LogP contribution in [-0.4, -0.2) is 12.5 Å². The van der Waals surface area contributed by atoms with E-state index in [2.05, 4.69) is 10.1 Å². The molecule has 0 aliphatic rings. The number of halogens is 4. The van der Waals surface area contributed by atoms with Crippen molar-refractivity contribution in [3.05, 3.63) is 58.1 Å². The summed E-state index contributed by atoms with van der Waals surface area (Å²) in [6, 6.07) is 10.00. The van der Waals surface area contributed by atoms with Gasteiger partial charge in [-0.1, -0.05) is 23.2 Å². The van der Waals surface area contributed by atoms with Crippen LogP contribution >= 0.6 is 23.2 Å². The topological polar surface area (TPSA) is 38.3 Å². The van der Waals surface area contributed by atoms with Crippen molar-refractivity contribution in [1.82, 2.24) is 0 Å². The van der Waals surface area contributed by atoms with Crippen molar-refractivity contribution >= 4 is 34.8 Å². The maximum Gasteiger partial charge on any atom is 0.387 e. The summed E-state index contributed by atoms with van der Waals surface area (Å²) in [6.45, 7) is -2.90. The van der Waals surface area contributed by atoms with Crippen LogP contribution in [0.2, 0.25) is 10.0 Å². The fourth-order valence-electron chi connectivity index (χ4n) is 1.56. The van der Waals surface area contributed by atoms with Gasteiger partial charge in [-0.05, 0) is 42.5 Å². The number of amides is 1. The zero-order chi connectivity index (χ0) is 15.4. The summed E-state index contributed by atoms with van der Waals surface area (Å²) in [5.74, 6) is -0.423. The predicted molar refractivity (Wildman–Crippen MR) is 77.5 cm³/mol. The number of ether oxygens (including phenoxy) is 1. The summed E-state index contributed by atoms with van der Waals surface area (Å²) >= 11 is 11.6. The van der Waals surface area contributed by atoms with Crippen LogP contribution in [-0.2, 0) is 0 Å². The minimum atomic E-state index is -2.90. The molecule has 0 fully saturated rings. The highest BCUT2D eigenvalue weighted by Crippen LogP contribution is 2.25. The summed E-state index contributed by atoms with van der Waals surface area (Å²) in [6.07, 6.45) is 0. The van der Waals surface area contributed by atoms with Gasteiger partial charge >= 0.3 is 6.61 Å². The van der Waals surface area contributed by atoms with Crippen molar-refractivity contribution in [3.8, 4) is 5.75 Å². The molecule has 0 aromatic heterocycles. The smallest absolute Gasteiger partial charge is 0.387 e. The van der Waals surface area contributed by atoms with E-state index in [0.717, 1.165) is 0 Å². The molecule has 0 atom stereocenters. The molecule has 0 bridgehead atoms. The molecular formula is C14H9Cl2F2NO2. The van der Waals surface area contributed by atoms with Crippen LogP contribution in [0.25, 0.3) is 0 Å². The van der Waals surface area contributed by atoms with E-state index in [9.17, 15) is 13.6 Å². The third-order valence-electron chi connectivity index (χ3n) is 2.52. The molecule has 0 saturated heterocycles. The Morgan fingerprint density at radius 3 is 2.29 bits per heavy atom. The first-order valence-corrected chi connectivity index (χ1v) is 6.52. The summed E-state index contributed by atoms with van der Waals surface area (Å²) in [7, 11) is 0. The standard InChI is InChI=1S/C14H9Cl2F2NO2/c15-11-6-3-9(7-12(11)16)19-13(20)8-1-4-10(5-2-8)21-14(17)18/h1-7,14H,(H,19,20). The lowest BCUT2D eigenvalue weighted by Crippen LogP contribution is -2.12. The van der Waals surface area contributed by atoms with Crippen LogP contribution in [0.3, 0.4) is 0 Å². The summed E-state index contributed by atoms with van der Waals surface area (Å²) in [5.41, 5.74) is 0.769. The molecule has 2 aromatic rings. The first kappa shape index (κ1) is 15.5. The van der Waals surface area contributed by atoms with E-state index in [-0.39, 0.29) is 5.75 Å². The second-order valence-electron chi connectivity index (χ2n) is 3.99. The van der Waals surface area contributed by atoms with Gasteiger partial charge in [0.15, 0.2) is 0 Å². The molecule has 3 nitrogen and oxygen atoms in total. The van der Waals surface area contributed by atoms with Crippen LogP contribution in [0.15, 0.2) is 42.5 Å². The Balaban J connectivity index is 2.07.